The van der Waals surface area contributed by atoms with Gasteiger partial charge < -0.3 is 19.7 Å². The Hall–Kier alpha value is -2.61. The van der Waals surface area contributed by atoms with Crippen molar-refractivity contribution in [1.29, 1.82) is 0 Å². The van der Waals surface area contributed by atoms with E-state index in [1.54, 1.807) is 11.1 Å². The van der Waals surface area contributed by atoms with Gasteiger partial charge in [-0.15, -0.1) is 5.11 Å². The number of hydrogen-bond acceptors (Lipinski definition) is 7. The molecule has 8 nitrogen and oxygen atoms in total. The second kappa shape index (κ2) is 7.43. The van der Waals surface area contributed by atoms with Crippen LogP contribution in [0.5, 0.6) is 5.75 Å². The third kappa shape index (κ3) is 3.96. The predicted molar refractivity (Wildman–Crippen MR) is 105 cm³/mol. The summed E-state index contributed by atoms with van der Waals surface area (Å²) in [6.45, 7) is 8.97. The number of azo groups is 1. The molecule has 1 unspecified atom stereocenters. The van der Waals surface area contributed by atoms with Crippen LogP contribution in [0.2, 0.25) is 0 Å². The van der Waals surface area contributed by atoms with E-state index in [2.05, 4.69) is 26.5 Å². The van der Waals surface area contributed by atoms with Crippen molar-refractivity contribution in [3.63, 3.8) is 0 Å². The van der Waals surface area contributed by atoms with Crippen LogP contribution in [0.25, 0.3) is 5.70 Å². The maximum absolute atomic E-state index is 12.2. The summed E-state index contributed by atoms with van der Waals surface area (Å²) in [5.74, 6) is 0.937. The Morgan fingerprint density at radius 3 is 2.79 bits per heavy atom. The largest absolute Gasteiger partial charge is 0.492 e. The van der Waals surface area contributed by atoms with E-state index >= 15 is 0 Å². The van der Waals surface area contributed by atoms with Crippen molar-refractivity contribution in [2.24, 2.45) is 10.2 Å². The van der Waals surface area contributed by atoms with Crippen molar-refractivity contribution in [2.75, 3.05) is 32.8 Å². The third-order valence-corrected chi connectivity index (χ3v) is 4.96. The van der Waals surface area contributed by atoms with Gasteiger partial charge in [-0.1, -0.05) is 12.1 Å². The molecular weight excluding hydrogens is 358 g/mol. The Morgan fingerprint density at radius 2 is 2.04 bits per heavy atom. The fourth-order valence-electron chi connectivity index (χ4n) is 3.57. The molecule has 1 amide bonds. The number of piperazine rings is 1. The molecule has 3 heterocycles. The molecule has 4 rings (SSSR count). The number of hydrogen-bond donors (Lipinski definition) is 1. The normalized spacial score (nSPS) is 22.2. The number of nitrogens with zero attached hydrogens (tertiary/aromatic N) is 4. The summed E-state index contributed by atoms with van der Waals surface area (Å²) in [6, 6.07) is 6.19. The molecule has 0 aromatic heterocycles. The lowest BCUT2D eigenvalue weighted by Gasteiger charge is -2.38. The zero-order valence-electron chi connectivity index (χ0n) is 16.6. The monoisotopic (exact) mass is 385 g/mol. The number of nitrogens with one attached hydrogen (secondary N) is 1. The van der Waals surface area contributed by atoms with Crippen molar-refractivity contribution < 1.29 is 14.3 Å². The van der Waals surface area contributed by atoms with Crippen LogP contribution in [-0.2, 0) is 11.2 Å². The summed E-state index contributed by atoms with van der Waals surface area (Å²) < 4.78 is 11.3. The van der Waals surface area contributed by atoms with E-state index in [0.29, 0.717) is 26.2 Å². The van der Waals surface area contributed by atoms with E-state index in [1.807, 2.05) is 32.9 Å². The maximum atomic E-state index is 12.2. The molecule has 3 aliphatic rings. The van der Waals surface area contributed by atoms with Gasteiger partial charge in [-0.05, 0) is 32.4 Å². The van der Waals surface area contributed by atoms with E-state index in [1.165, 1.54) is 5.56 Å². The van der Waals surface area contributed by atoms with Gasteiger partial charge in [-0.25, -0.2) is 4.79 Å². The first kappa shape index (κ1) is 18.7. The molecule has 1 saturated heterocycles. The second-order valence-electron chi connectivity index (χ2n) is 8.19. The number of amides is 1. The van der Waals surface area contributed by atoms with Crippen molar-refractivity contribution in [3.8, 4) is 5.75 Å². The zero-order chi connectivity index (χ0) is 19.7. The average Bonchev–Trinajstić information content (AvgIpc) is 3.16. The minimum absolute atomic E-state index is 0.252. The molecule has 28 heavy (non-hydrogen) atoms. The Labute approximate surface area is 165 Å². The van der Waals surface area contributed by atoms with Crippen LogP contribution < -0.4 is 10.1 Å². The molecule has 0 bridgehead atoms. The highest BCUT2D eigenvalue weighted by Crippen LogP contribution is 2.34. The Balaban J connectivity index is 1.38. The molecule has 3 aliphatic heterocycles. The van der Waals surface area contributed by atoms with Gasteiger partial charge in [-0.2, -0.15) is 5.11 Å². The van der Waals surface area contributed by atoms with Crippen LogP contribution in [0.4, 0.5) is 4.79 Å². The molecule has 1 aromatic carbocycles. The molecule has 0 radical (unpaired) electrons. The highest BCUT2D eigenvalue weighted by atomic mass is 16.6. The van der Waals surface area contributed by atoms with E-state index in [-0.39, 0.29) is 12.4 Å². The van der Waals surface area contributed by atoms with E-state index < -0.39 is 5.60 Å². The van der Waals surface area contributed by atoms with Gasteiger partial charge in [0.25, 0.3) is 0 Å². The van der Waals surface area contributed by atoms with Crippen LogP contribution in [0, 0.1) is 0 Å². The minimum Gasteiger partial charge on any atom is -0.492 e. The number of carbonyl (C=O) groups is 1. The van der Waals surface area contributed by atoms with Crippen LogP contribution >= 0.6 is 0 Å². The number of carbonyl (C=O) groups excluding carboxylic acids is 1. The molecule has 0 aliphatic carbocycles. The van der Waals surface area contributed by atoms with Crippen molar-refractivity contribution in [1.82, 2.24) is 15.1 Å². The van der Waals surface area contributed by atoms with Gasteiger partial charge in [0, 0.05) is 38.2 Å². The molecule has 1 atom stereocenters. The molecule has 1 N–H and O–H groups in total. The standard InChI is InChI=1S/C20H27N5O3/c1-20(2,3)28-19(26)25-10-8-24(9-11-25)18-22-16(13-21-23-18)15-6-4-5-14-7-12-27-17(14)15/h4-6,13,18,22H,7-12H2,1-3H3. The van der Waals surface area contributed by atoms with Crippen LogP contribution in [0.15, 0.2) is 34.6 Å². The van der Waals surface area contributed by atoms with Crippen LogP contribution in [-0.4, -0.2) is 60.6 Å². The maximum Gasteiger partial charge on any atom is 0.410 e. The Kier molecular flexibility index (Phi) is 4.97. The molecule has 1 aromatic rings. The molecule has 0 spiro atoms. The first-order valence-electron chi connectivity index (χ1n) is 9.74. The van der Waals surface area contributed by atoms with Gasteiger partial charge in [0.15, 0.2) is 6.29 Å². The summed E-state index contributed by atoms with van der Waals surface area (Å²) in [4.78, 5) is 16.2. The summed E-state index contributed by atoms with van der Waals surface area (Å²) >= 11 is 0. The smallest absolute Gasteiger partial charge is 0.410 e. The van der Waals surface area contributed by atoms with Gasteiger partial charge in [0.1, 0.15) is 11.4 Å². The van der Waals surface area contributed by atoms with E-state index in [4.69, 9.17) is 9.47 Å². The molecule has 0 saturated carbocycles. The van der Waals surface area contributed by atoms with Gasteiger partial charge in [-0.3, -0.25) is 4.90 Å². The Bertz CT molecular complexity index is 807. The van der Waals surface area contributed by atoms with E-state index in [9.17, 15) is 4.79 Å². The fourth-order valence-corrected chi connectivity index (χ4v) is 3.57. The first-order chi connectivity index (χ1) is 13.4. The fraction of sp³-hybridized carbons (Fsp3) is 0.550. The highest BCUT2D eigenvalue weighted by Gasteiger charge is 2.30. The predicted octanol–water partition coefficient (Wildman–Crippen LogP) is 2.81. The van der Waals surface area contributed by atoms with Crippen LogP contribution in [0.3, 0.4) is 0 Å². The summed E-state index contributed by atoms with van der Waals surface area (Å²) in [5, 5.41) is 12.0. The van der Waals surface area contributed by atoms with Crippen molar-refractivity contribution >= 4 is 11.8 Å². The summed E-state index contributed by atoms with van der Waals surface area (Å²) in [7, 11) is 0. The van der Waals surface area contributed by atoms with Gasteiger partial charge in [0.05, 0.1) is 18.5 Å². The number of para-hydroxylation sites is 1. The van der Waals surface area contributed by atoms with E-state index in [0.717, 1.165) is 30.0 Å². The van der Waals surface area contributed by atoms with Gasteiger partial charge in [0.2, 0.25) is 0 Å². The quantitative estimate of drug-likeness (QED) is 0.847. The third-order valence-electron chi connectivity index (χ3n) is 4.96. The molecule has 8 heteroatoms. The van der Waals surface area contributed by atoms with Crippen molar-refractivity contribution in [2.45, 2.75) is 39.1 Å². The zero-order valence-corrected chi connectivity index (χ0v) is 16.6. The number of benzene rings is 1. The average molecular weight is 385 g/mol. The Morgan fingerprint density at radius 1 is 1.25 bits per heavy atom. The SMILES string of the molecule is CC(C)(C)OC(=O)N1CCN(C2N=NC=C(c3cccc4c3OCC4)N2)CC1. The topological polar surface area (TPSA) is 78.8 Å². The summed E-state index contributed by atoms with van der Waals surface area (Å²) in [6.07, 6.45) is 2.17. The number of rotatable bonds is 2. The second-order valence-corrected chi connectivity index (χ2v) is 8.19. The van der Waals surface area contributed by atoms with Crippen LogP contribution in [0.1, 0.15) is 31.9 Å². The number of fused-ring (bicyclic) bond motifs is 1. The first-order valence-corrected chi connectivity index (χ1v) is 9.74. The lowest BCUT2D eigenvalue weighted by Crippen LogP contribution is -2.55. The lowest BCUT2D eigenvalue weighted by molar-refractivity contribution is 0.00926. The highest BCUT2D eigenvalue weighted by molar-refractivity contribution is 5.71. The lowest BCUT2D eigenvalue weighted by atomic mass is 10.1. The van der Waals surface area contributed by atoms with Crippen molar-refractivity contribution in [3.05, 3.63) is 35.5 Å². The summed E-state index contributed by atoms with van der Waals surface area (Å²) in [5.41, 5.74) is 2.68. The minimum atomic E-state index is -0.481. The van der Waals surface area contributed by atoms with Gasteiger partial charge >= 0.3 is 6.09 Å². The molecular formula is C20H27N5O3. The number of ether oxygens (including phenoxy) is 2. The molecule has 1 fully saturated rings. The molecule has 150 valence electrons.